The summed E-state index contributed by atoms with van der Waals surface area (Å²) in [6, 6.07) is 0. The molecule has 2 atom stereocenters. The number of ether oxygens (including phenoxy) is 1. The van der Waals surface area contributed by atoms with Crippen molar-refractivity contribution in [3.05, 3.63) is 23.8 Å². The first-order valence-electron chi connectivity index (χ1n) is 7.81. The second kappa shape index (κ2) is 6.86. The van der Waals surface area contributed by atoms with E-state index in [9.17, 15) is 9.59 Å². The van der Waals surface area contributed by atoms with Crippen LogP contribution in [0.3, 0.4) is 0 Å². The van der Waals surface area contributed by atoms with Gasteiger partial charge in [-0.3, -0.25) is 4.79 Å². The van der Waals surface area contributed by atoms with Crippen molar-refractivity contribution in [3.63, 3.8) is 0 Å². The lowest BCUT2D eigenvalue weighted by Gasteiger charge is -2.33. The number of ketones is 1. The van der Waals surface area contributed by atoms with Gasteiger partial charge in [-0.2, -0.15) is 0 Å². The van der Waals surface area contributed by atoms with Gasteiger partial charge in [0.25, 0.3) is 0 Å². The molecule has 0 aromatic carbocycles. The minimum absolute atomic E-state index is 0.0786. The molecule has 1 amide bonds. The van der Waals surface area contributed by atoms with Crippen molar-refractivity contribution in [2.24, 2.45) is 5.92 Å². The van der Waals surface area contributed by atoms with Crippen LogP contribution < -0.4 is 0 Å². The van der Waals surface area contributed by atoms with Crippen LogP contribution in [0.2, 0.25) is 0 Å². The average molecular weight is 326 g/mol. The fourth-order valence-electron chi connectivity index (χ4n) is 2.73. The summed E-state index contributed by atoms with van der Waals surface area (Å²) < 4.78 is 5.39. The highest BCUT2D eigenvalue weighted by atomic mass is 35.5. The van der Waals surface area contributed by atoms with Crippen LogP contribution in [0, 0.1) is 5.92 Å². The summed E-state index contributed by atoms with van der Waals surface area (Å²) in [5.41, 5.74) is 0.149. The highest BCUT2D eigenvalue weighted by molar-refractivity contribution is 6.22. The Bertz CT molecular complexity index is 505. The Morgan fingerprint density at radius 1 is 1.36 bits per heavy atom. The van der Waals surface area contributed by atoms with E-state index in [1.165, 1.54) is 0 Å². The van der Waals surface area contributed by atoms with Crippen molar-refractivity contribution in [3.8, 4) is 0 Å². The molecule has 0 radical (unpaired) electrons. The molecule has 0 N–H and O–H groups in total. The second-order valence-corrected chi connectivity index (χ2v) is 7.47. The molecule has 4 nitrogen and oxygen atoms in total. The Kier molecular flexibility index (Phi) is 5.32. The van der Waals surface area contributed by atoms with Gasteiger partial charge in [-0.15, -0.1) is 11.6 Å². The van der Waals surface area contributed by atoms with Gasteiger partial charge < -0.3 is 9.64 Å². The number of carbonyl (C=O) groups excluding carboxylic acids is 2. The third kappa shape index (κ3) is 4.60. The Morgan fingerprint density at radius 3 is 2.73 bits per heavy atom. The number of rotatable bonds is 2. The largest absolute Gasteiger partial charge is 0.444 e. The molecule has 122 valence electrons. The van der Waals surface area contributed by atoms with Crippen LogP contribution in [0.1, 0.15) is 40.0 Å². The molecule has 5 heteroatoms. The number of amides is 1. The van der Waals surface area contributed by atoms with Gasteiger partial charge in [0.1, 0.15) is 5.60 Å². The Labute approximate surface area is 137 Å². The number of allylic oxidation sites excluding steroid dienone is 4. The van der Waals surface area contributed by atoms with Gasteiger partial charge in [0.05, 0.1) is 5.38 Å². The van der Waals surface area contributed by atoms with Crippen molar-refractivity contribution in [1.82, 2.24) is 4.90 Å². The Balaban J connectivity index is 2.00. The molecule has 1 aliphatic carbocycles. The third-order valence-electron chi connectivity index (χ3n) is 3.75. The lowest BCUT2D eigenvalue weighted by atomic mass is 9.88. The molecule has 0 saturated carbocycles. The van der Waals surface area contributed by atoms with Crippen LogP contribution in [-0.4, -0.2) is 40.8 Å². The van der Waals surface area contributed by atoms with Gasteiger partial charge in [0.2, 0.25) is 0 Å². The Hall–Kier alpha value is -1.29. The molecule has 1 aliphatic heterocycles. The number of hydrogen-bond donors (Lipinski definition) is 0. The van der Waals surface area contributed by atoms with Gasteiger partial charge in [-0.1, -0.05) is 18.2 Å². The zero-order valence-electron chi connectivity index (χ0n) is 13.5. The zero-order chi connectivity index (χ0) is 16.3. The summed E-state index contributed by atoms with van der Waals surface area (Å²) >= 11 is 6.08. The van der Waals surface area contributed by atoms with Crippen LogP contribution in [-0.2, 0) is 9.53 Å². The van der Waals surface area contributed by atoms with Gasteiger partial charge >= 0.3 is 6.09 Å². The van der Waals surface area contributed by atoms with E-state index < -0.39 is 5.60 Å². The number of alkyl halides is 1. The van der Waals surface area contributed by atoms with Gasteiger partial charge in [0.15, 0.2) is 5.78 Å². The quantitative estimate of drug-likeness (QED) is 0.727. The van der Waals surface area contributed by atoms with Crippen LogP contribution in [0.15, 0.2) is 23.8 Å². The smallest absolute Gasteiger partial charge is 0.410 e. The first-order chi connectivity index (χ1) is 10.3. The van der Waals surface area contributed by atoms with E-state index in [1.807, 2.05) is 39.0 Å². The first-order valence-corrected chi connectivity index (χ1v) is 8.24. The SMILES string of the molecule is CC(C)(C)OC(=O)N1CCCC(C(=O)C2=CC(Cl)CC=C2)C1. The lowest BCUT2D eigenvalue weighted by Crippen LogP contribution is -2.44. The highest BCUT2D eigenvalue weighted by Crippen LogP contribution is 2.25. The summed E-state index contributed by atoms with van der Waals surface area (Å²) in [4.78, 5) is 26.4. The molecule has 2 aliphatic rings. The summed E-state index contributed by atoms with van der Waals surface area (Å²) in [6.45, 7) is 6.60. The number of Topliss-reactive ketones (excluding diaryl/α,β-unsaturated/α-hetero) is 1. The molecular formula is C17H24ClNO3. The van der Waals surface area contributed by atoms with Crippen LogP contribution >= 0.6 is 11.6 Å². The maximum Gasteiger partial charge on any atom is 0.410 e. The average Bonchev–Trinajstić information content (AvgIpc) is 2.45. The minimum atomic E-state index is -0.519. The molecule has 1 heterocycles. The number of nitrogens with zero attached hydrogens (tertiary/aromatic N) is 1. The Morgan fingerprint density at radius 2 is 2.09 bits per heavy atom. The van der Waals surface area contributed by atoms with E-state index in [0.717, 1.165) is 19.3 Å². The molecule has 0 aromatic heterocycles. The fraction of sp³-hybridized carbons (Fsp3) is 0.647. The van der Waals surface area contributed by atoms with Crippen LogP contribution in [0.5, 0.6) is 0 Å². The summed E-state index contributed by atoms with van der Waals surface area (Å²) in [5.74, 6) is -0.0889. The maximum atomic E-state index is 12.6. The molecule has 1 saturated heterocycles. The number of carbonyl (C=O) groups is 2. The number of hydrogen-bond acceptors (Lipinski definition) is 3. The summed E-state index contributed by atoms with van der Waals surface area (Å²) in [6.07, 6.45) is 7.62. The van der Waals surface area contributed by atoms with Crippen molar-refractivity contribution in [1.29, 1.82) is 0 Å². The molecule has 0 bridgehead atoms. The minimum Gasteiger partial charge on any atom is -0.444 e. The van der Waals surface area contributed by atoms with E-state index in [-0.39, 0.29) is 23.2 Å². The van der Waals surface area contributed by atoms with Crippen molar-refractivity contribution < 1.29 is 14.3 Å². The van der Waals surface area contributed by atoms with E-state index >= 15 is 0 Å². The van der Waals surface area contributed by atoms with E-state index in [0.29, 0.717) is 18.7 Å². The zero-order valence-corrected chi connectivity index (χ0v) is 14.2. The summed E-state index contributed by atoms with van der Waals surface area (Å²) in [5, 5.41) is -0.116. The molecule has 0 spiro atoms. The molecular weight excluding hydrogens is 302 g/mol. The third-order valence-corrected chi connectivity index (χ3v) is 4.05. The predicted octanol–water partition coefficient (Wildman–Crippen LogP) is 3.70. The number of halogens is 1. The number of likely N-dealkylation sites (tertiary alicyclic amines) is 1. The lowest BCUT2D eigenvalue weighted by molar-refractivity contribution is -0.120. The molecule has 2 unspecified atom stereocenters. The van der Waals surface area contributed by atoms with Crippen molar-refractivity contribution >= 4 is 23.5 Å². The topological polar surface area (TPSA) is 46.6 Å². The van der Waals surface area contributed by atoms with Gasteiger partial charge in [0, 0.05) is 24.6 Å². The van der Waals surface area contributed by atoms with Crippen LogP contribution in [0.4, 0.5) is 4.79 Å². The van der Waals surface area contributed by atoms with Crippen LogP contribution in [0.25, 0.3) is 0 Å². The summed E-state index contributed by atoms with van der Waals surface area (Å²) in [7, 11) is 0. The molecule has 22 heavy (non-hydrogen) atoms. The van der Waals surface area contributed by atoms with Crippen molar-refractivity contribution in [2.75, 3.05) is 13.1 Å². The molecule has 1 fully saturated rings. The molecule has 2 rings (SSSR count). The second-order valence-electron chi connectivity index (χ2n) is 6.91. The number of piperidine rings is 1. The van der Waals surface area contributed by atoms with Gasteiger partial charge in [-0.25, -0.2) is 4.79 Å². The highest BCUT2D eigenvalue weighted by Gasteiger charge is 2.32. The first kappa shape index (κ1) is 17.1. The standard InChI is InChI=1S/C17H24ClNO3/c1-17(2,3)22-16(21)19-9-5-7-13(11-19)15(20)12-6-4-8-14(18)10-12/h4,6,10,13-14H,5,7-9,11H2,1-3H3. The molecule has 0 aromatic rings. The monoisotopic (exact) mass is 325 g/mol. The normalized spacial score (nSPS) is 25.6. The van der Waals surface area contributed by atoms with E-state index in [2.05, 4.69) is 0 Å². The van der Waals surface area contributed by atoms with E-state index in [1.54, 1.807) is 4.90 Å². The fourth-order valence-corrected chi connectivity index (χ4v) is 2.97. The van der Waals surface area contributed by atoms with Crippen molar-refractivity contribution in [2.45, 2.75) is 51.0 Å². The van der Waals surface area contributed by atoms with E-state index in [4.69, 9.17) is 16.3 Å². The predicted molar refractivity (Wildman–Crippen MR) is 87.0 cm³/mol. The maximum absolute atomic E-state index is 12.6. The van der Waals surface area contributed by atoms with Gasteiger partial charge in [-0.05, 0) is 40.0 Å².